The number of nitrogens with zero attached hydrogens (tertiary/aromatic N) is 1. The number of carbonyl (C=O) groups is 1. The zero-order valence-corrected chi connectivity index (χ0v) is 14.1. The number of ether oxygens (including phenoxy) is 1. The van der Waals surface area contributed by atoms with Crippen LogP contribution in [-0.2, 0) is 17.7 Å². The molecule has 0 saturated heterocycles. The molecule has 6 heteroatoms. The quantitative estimate of drug-likeness (QED) is 0.725. The van der Waals surface area contributed by atoms with Gasteiger partial charge in [0.15, 0.2) is 0 Å². The highest BCUT2D eigenvalue weighted by atomic mass is 35.5. The highest BCUT2D eigenvalue weighted by Crippen LogP contribution is 2.08. The zero-order valence-electron chi connectivity index (χ0n) is 13.3. The number of halogens is 1. The van der Waals surface area contributed by atoms with E-state index in [9.17, 15) is 4.79 Å². The average Bonchev–Trinajstić information content (AvgIpc) is 3.01. The number of nitrogens with one attached hydrogen (secondary N) is 1. The molecule has 0 amide bonds. The fraction of sp³-hybridized carbons (Fsp3) is 0.353. The molecule has 2 aromatic rings. The number of aromatic amines is 1. The van der Waals surface area contributed by atoms with Crippen molar-refractivity contribution in [1.82, 2.24) is 9.88 Å². The standard InChI is InChI=1S/C17H23N3O2.ClH/c1-22-17(21)16-8-7-15(19-16)13-20(12-10-18)11-9-14-5-3-2-4-6-14;/h2-8,19H,9-13,18H2,1H3;1H. The Bertz CT molecular complexity index is 587. The van der Waals surface area contributed by atoms with E-state index in [1.807, 2.05) is 12.1 Å². The van der Waals surface area contributed by atoms with Crippen molar-refractivity contribution in [2.24, 2.45) is 5.73 Å². The molecule has 126 valence electrons. The van der Waals surface area contributed by atoms with Crippen LogP contribution < -0.4 is 5.73 Å². The Kier molecular flexibility index (Phi) is 8.40. The van der Waals surface area contributed by atoms with Gasteiger partial charge in [-0.3, -0.25) is 4.90 Å². The van der Waals surface area contributed by atoms with Crippen LogP contribution >= 0.6 is 12.4 Å². The Morgan fingerprint density at radius 3 is 2.57 bits per heavy atom. The number of methoxy groups -OCH3 is 1. The lowest BCUT2D eigenvalue weighted by atomic mass is 10.1. The third-order valence-electron chi connectivity index (χ3n) is 3.55. The zero-order chi connectivity index (χ0) is 15.8. The van der Waals surface area contributed by atoms with Gasteiger partial charge in [-0.05, 0) is 24.1 Å². The predicted molar refractivity (Wildman–Crippen MR) is 93.9 cm³/mol. The number of benzene rings is 1. The molecule has 0 bridgehead atoms. The summed E-state index contributed by atoms with van der Waals surface area (Å²) in [6.07, 6.45) is 0.978. The number of hydrogen-bond acceptors (Lipinski definition) is 4. The highest BCUT2D eigenvalue weighted by molar-refractivity contribution is 5.87. The molecule has 3 N–H and O–H groups in total. The minimum atomic E-state index is -0.346. The third kappa shape index (κ3) is 6.06. The Labute approximate surface area is 143 Å². The number of H-pyrrole nitrogens is 1. The maximum atomic E-state index is 11.5. The van der Waals surface area contributed by atoms with Gasteiger partial charge in [0.05, 0.1) is 7.11 Å². The molecule has 1 aromatic heterocycles. The molecule has 1 heterocycles. The summed E-state index contributed by atoms with van der Waals surface area (Å²) in [5, 5.41) is 0. The van der Waals surface area contributed by atoms with Crippen molar-refractivity contribution in [3.63, 3.8) is 0 Å². The van der Waals surface area contributed by atoms with Gasteiger partial charge in [0, 0.05) is 31.9 Å². The van der Waals surface area contributed by atoms with Crippen molar-refractivity contribution in [2.75, 3.05) is 26.7 Å². The predicted octanol–water partition coefficient (Wildman–Crippen LogP) is 2.23. The van der Waals surface area contributed by atoms with Crippen LogP contribution in [-0.4, -0.2) is 42.6 Å². The summed E-state index contributed by atoms with van der Waals surface area (Å²) in [7, 11) is 1.38. The summed E-state index contributed by atoms with van der Waals surface area (Å²) in [5.41, 5.74) is 8.48. The molecule has 0 atom stereocenters. The molecule has 5 nitrogen and oxygen atoms in total. The van der Waals surface area contributed by atoms with E-state index < -0.39 is 0 Å². The molecule has 0 unspecified atom stereocenters. The molecule has 0 aliphatic rings. The second kappa shape index (κ2) is 10.0. The molecule has 0 aliphatic carbocycles. The van der Waals surface area contributed by atoms with Crippen molar-refractivity contribution in [2.45, 2.75) is 13.0 Å². The van der Waals surface area contributed by atoms with Gasteiger partial charge in [-0.1, -0.05) is 30.3 Å². The number of nitrogens with two attached hydrogens (primary N) is 1. The summed E-state index contributed by atoms with van der Waals surface area (Å²) >= 11 is 0. The molecule has 2 rings (SSSR count). The summed E-state index contributed by atoms with van der Waals surface area (Å²) in [6.45, 7) is 3.09. The first-order valence-corrected chi connectivity index (χ1v) is 7.45. The van der Waals surface area contributed by atoms with Crippen LogP contribution in [0.15, 0.2) is 42.5 Å². The van der Waals surface area contributed by atoms with Gasteiger partial charge in [-0.25, -0.2) is 4.79 Å². The Hall–Kier alpha value is -1.82. The second-order valence-corrected chi connectivity index (χ2v) is 5.19. The lowest BCUT2D eigenvalue weighted by molar-refractivity contribution is 0.0594. The minimum absolute atomic E-state index is 0. The maximum absolute atomic E-state index is 11.5. The summed E-state index contributed by atoms with van der Waals surface area (Å²) in [6, 6.07) is 14.0. The van der Waals surface area contributed by atoms with E-state index in [1.54, 1.807) is 6.07 Å². The van der Waals surface area contributed by atoms with E-state index in [-0.39, 0.29) is 18.4 Å². The van der Waals surface area contributed by atoms with Gasteiger partial charge in [0.2, 0.25) is 0 Å². The second-order valence-electron chi connectivity index (χ2n) is 5.19. The van der Waals surface area contributed by atoms with E-state index in [0.717, 1.165) is 31.7 Å². The maximum Gasteiger partial charge on any atom is 0.354 e. The lowest BCUT2D eigenvalue weighted by Gasteiger charge is -2.21. The van der Waals surface area contributed by atoms with Crippen LogP contribution in [0.2, 0.25) is 0 Å². The Balaban J connectivity index is 0.00000264. The molecular formula is C17H24ClN3O2. The SMILES string of the molecule is COC(=O)c1ccc(CN(CCN)CCc2ccccc2)[nH]1.Cl. The number of aromatic nitrogens is 1. The van der Waals surface area contributed by atoms with Gasteiger partial charge in [0.1, 0.15) is 5.69 Å². The fourth-order valence-corrected chi connectivity index (χ4v) is 2.39. The Morgan fingerprint density at radius 2 is 1.91 bits per heavy atom. The van der Waals surface area contributed by atoms with E-state index in [4.69, 9.17) is 10.5 Å². The van der Waals surface area contributed by atoms with Crippen LogP contribution in [0.3, 0.4) is 0 Å². The molecule has 1 aromatic carbocycles. The summed E-state index contributed by atoms with van der Waals surface area (Å²) < 4.78 is 4.70. The number of rotatable bonds is 8. The largest absolute Gasteiger partial charge is 0.464 e. The monoisotopic (exact) mass is 337 g/mol. The van der Waals surface area contributed by atoms with E-state index in [0.29, 0.717) is 12.2 Å². The van der Waals surface area contributed by atoms with E-state index >= 15 is 0 Å². The molecule has 0 aliphatic heterocycles. The van der Waals surface area contributed by atoms with Gasteiger partial charge < -0.3 is 15.5 Å². The van der Waals surface area contributed by atoms with Crippen molar-refractivity contribution < 1.29 is 9.53 Å². The van der Waals surface area contributed by atoms with Crippen molar-refractivity contribution in [1.29, 1.82) is 0 Å². The molecular weight excluding hydrogens is 314 g/mol. The van der Waals surface area contributed by atoms with Gasteiger partial charge in [-0.15, -0.1) is 12.4 Å². The van der Waals surface area contributed by atoms with Crippen LogP contribution in [0.1, 0.15) is 21.7 Å². The normalized spacial score (nSPS) is 10.4. The molecule has 0 spiro atoms. The number of carbonyl (C=O) groups excluding carboxylic acids is 1. The fourth-order valence-electron chi connectivity index (χ4n) is 2.39. The van der Waals surface area contributed by atoms with Crippen molar-refractivity contribution >= 4 is 18.4 Å². The van der Waals surface area contributed by atoms with Gasteiger partial charge >= 0.3 is 5.97 Å². The topological polar surface area (TPSA) is 71.3 Å². The summed E-state index contributed by atoms with van der Waals surface area (Å²) in [4.78, 5) is 16.8. The smallest absolute Gasteiger partial charge is 0.354 e. The van der Waals surface area contributed by atoms with Crippen molar-refractivity contribution in [3.8, 4) is 0 Å². The van der Waals surface area contributed by atoms with Gasteiger partial charge in [0.25, 0.3) is 0 Å². The molecule has 0 fully saturated rings. The van der Waals surface area contributed by atoms with Crippen LogP contribution in [0.5, 0.6) is 0 Å². The highest BCUT2D eigenvalue weighted by Gasteiger charge is 2.11. The summed E-state index contributed by atoms with van der Waals surface area (Å²) in [5.74, 6) is -0.346. The molecule has 0 radical (unpaired) electrons. The van der Waals surface area contributed by atoms with Gasteiger partial charge in [-0.2, -0.15) is 0 Å². The first kappa shape index (κ1) is 19.2. The number of esters is 1. The first-order valence-electron chi connectivity index (χ1n) is 7.45. The third-order valence-corrected chi connectivity index (χ3v) is 3.55. The first-order chi connectivity index (χ1) is 10.7. The van der Waals surface area contributed by atoms with E-state index in [1.165, 1.54) is 12.7 Å². The van der Waals surface area contributed by atoms with Crippen LogP contribution in [0, 0.1) is 0 Å². The van der Waals surface area contributed by atoms with Crippen LogP contribution in [0.25, 0.3) is 0 Å². The van der Waals surface area contributed by atoms with E-state index in [2.05, 4.69) is 34.1 Å². The molecule has 23 heavy (non-hydrogen) atoms. The minimum Gasteiger partial charge on any atom is -0.464 e. The van der Waals surface area contributed by atoms with Crippen LogP contribution in [0.4, 0.5) is 0 Å². The lowest BCUT2D eigenvalue weighted by Crippen LogP contribution is -2.31. The Morgan fingerprint density at radius 1 is 1.17 bits per heavy atom. The average molecular weight is 338 g/mol. The molecule has 0 saturated carbocycles. The van der Waals surface area contributed by atoms with Crippen molar-refractivity contribution in [3.05, 3.63) is 59.4 Å². The number of hydrogen-bond donors (Lipinski definition) is 2.